The predicted octanol–water partition coefficient (Wildman–Crippen LogP) is 5.55. The molecule has 0 bridgehead atoms. The fourth-order valence-electron chi connectivity index (χ4n) is 4.55. The van der Waals surface area contributed by atoms with E-state index in [0.29, 0.717) is 48.8 Å². The highest BCUT2D eigenvalue weighted by Gasteiger charge is 2.28. The summed E-state index contributed by atoms with van der Waals surface area (Å²) in [6, 6.07) is 16.3. The summed E-state index contributed by atoms with van der Waals surface area (Å²) in [5, 5.41) is 0. The molecule has 2 aromatic carbocycles. The first-order valence-electron chi connectivity index (χ1n) is 11.7. The molecule has 1 aliphatic rings. The molecule has 1 saturated heterocycles. The van der Waals surface area contributed by atoms with Crippen LogP contribution in [0.15, 0.2) is 77.5 Å². The third-order valence-corrected chi connectivity index (χ3v) is 6.23. The van der Waals surface area contributed by atoms with Gasteiger partial charge < -0.3 is 9.32 Å². The largest absolute Gasteiger partial charge is 0.445 e. The van der Waals surface area contributed by atoms with Crippen LogP contribution in [0.3, 0.4) is 0 Å². The zero-order valence-electron chi connectivity index (χ0n) is 19.2. The number of pyridine rings is 1. The van der Waals surface area contributed by atoms with E-state index in [0.717, 1.165) is 24.0 Å². The molecule has 7 heteroatoms. The molecule has 5 nitrogen and oxygen atoms in total. The molecule has 178 valence electrons. The number of carbonyl (C=O) groups excluding carboxylic acids is 1. The molecule has 0 aliphatic carbocycles. The van der Waals surface area contributed by atoms with Gasteiger partial charge in [-0.05, 0) is 60.4 Å². The van der Waals surface area contributed by atoms with Crippen LogP contribution >= 0.6 is 0 Å². The molecule has 1 fully saturated rings. The Bertz CT molecular complexity index is 1340. The van der Waals surface area contributed by atoms with Crippen molar-refractivity contribution in [3.63, 3.8) is 0 Å². The summed E-state index contributed by atoms with van der Waals surface area (Å²) in [4.78, 5) is 23.9. The van der Waals surface area contributed by atoms with Gasteiger partial charge in [0.15, 0.2) is 5.89 Å². The predicted molar refractivity (Wildman–Crippen MR) is 127 cm³/mol. The van der Waals surface area contributed by atoms with Crippen molar-refractivity contribution in [3.8, 4) is 0 Å². The fraction of sp³-hybridized carbons (Fsp3) is 0.250. The summed E-state index contributed by atoms with van der Waals surface area (Å²) in [6.45, 7) is 1.17. The van der Waals surface area contributed by atoms with E-state index in [-0.39, 0.29) is 23.5 Å². The molecule has 0 saturated carbocycles. The highest BCUT2D eigenvalue weighted by Crippen LogP contribution is 2.28. The van der Waals surface area contributed by atoms with Crippen molar-refractivity contribution in [3.05, 3.63) is 119 Å². The van der Waals surface area contributed by atoms with E-state index in [2.05, 4.69) is 9.97 Å². The van der Waals surface area contributed by atoms with E-state index < -0.39 is 0 Å². The van der Waals surface area contributed by atoms with Gasteiger partial charge in [-0.15, -0.1) is 0 Å². The summed E-state index contributed by atoms with van der Waals surface area (Å²) < 4.78 is 33.0. The highest BCUT2D eigenvalue weighted by atomic mass is 19.1. The summed E-state index contributed by atoms with van der Waals surface area (Å²) in [5.41, 5.74) is 2.90. The minimum Gasteiger partial charge on any atom is -0.445 e. The van der Waals surface area contributed by atoms with Crippen molar-refractivity contribution in [1.29, 1.82) is 0 Å². The number of nitrogens with zero attached hydrogens (tertiary/aromatic N) is 3. The fourth-order valence-corrected chi connectivity index (χ4v) is 4.55. The number of amides is 1. The van der Waals surface area contributed by atoms with Crippen LogP contribution in [0.5, 0.6) is 0 Å². The molecule has 0 unspecified atom stereocenters. The van der Waals surface area contributed by atoms with Gasteiger partial charge in [-0.25, -0.2) is 13.8 Å². The van der Waals surface area contributed by atoms with Gasteiger partial charge in [0.25, 0.3) is 5.91 Å². The number of rotatable bonds is 6. The smallest absolute Gasteiger partial charge is 0.253 e. The number of oxazole rings is 1. The maximum Gasteiger partial charge on any atom is 0.253 e. The first-order chi connectivity index (χ1) is 17.0. The molecule has 4 aromatic rings. The molecule has 1 amide bonds. The summed E-state index contributed by atoms with van der Waals surface area (Å²) >= 11 is 0. The lowest BCUT2D eigenvalue weighted by Gasteiger charge is -2.31. The quantitative estimate of drug-likeness (QED) is 0.369. The van der Waals surface area contributed by atoms with Crippen LogP contribution in [0.25, 0.3) is 0 Å². The SMILES string of the molecule is O=C(c1ccnc(Cc2cccc(F)c2)c1)N1CCC[C@@H](c2ncc(Cc3cccc(F)c3)o2)C1. The second kappa shape index (κ2) is 10.2. The molecule has 3 heterocycles. The Balaban J connectivity index is 1.25. The number of aromatic nitrogens is 2. The number of benzene rings is 2. The van der Waals surface area contributed by atoms with Gasteiger partial charge in [-0.3, -0.25) is 9.78 Å². The number of carbonyl (C=O) groups is 1. The lowest BCUT2D eigenvalue weighted by atomic mass is 9.97. The van der Waals surface area contributed by atoms with E-state index in [1.807, 2.05) is 17.0 Å². The second-order valence-corrected chi connectivity index (χ2v) is 8.90. The van der Waals surface area contributed by atoms with Crippen LogP contribution in [0, 0.1) is 11.6 Å². The Kier molecular flexibility index (Phi) is 6.66. The molecule has 0 spiro atoms. The van der Waals surface area contributed by atoms with Gasteiger partial charge in [0.05, 0.1) is 12.1 Å². The van der Waals surface area contributed by atoms with E-state index in [1.54, 1.807) is 36.7 Å². The highest BCUT2D eigenvalue weighted by molar-refractivity contribution is 5.94. The Labute approximate surface area is 202 Å². The van der Waals surface area contributed by atoms with E-state index >= 15 is 0 Å². The van der Waals surface area contributed by atoms with Gasteiger partial charge >= 0.3 is 0 Å². The van der Waals surface area contributed by atoms with Gasteiger partial charge in [0, 0.05) is 43.4 Å². The summed E-state index contributed by atoms with van der Waals surface area (Å²) in [7, 11) is 0. The number of hydrogen-bond donors (Lipinski definition) is 0. The van der Waals surface area contributed by atoms with E-state index in [4.69, 9.17) is 4.42 Å². The molecule has 0 radical (unpaired) electrons. The first-order valence-corrected chi connectivity index (χ1v) is 11.7. The molecule has 2 aromatic heterocycles. The van der Waals surface area contributed by atoms with E-state index in [9.17, 15) is 13.6 Å². The van der Waals surface area contributed by atoms with Crippen molar-refractivity contribution in [2.24, 2.45) is 0 Å². The normalized spacial score (nSPS) is 15.8. The van der Waals surface area contributed by atoms with Crippen LogP contribution < -0.4 is 0 Å². The maximum atomic E-state index is 13.5. The minimum atomic E-state index is -0.292. The molecule has 35 heavy (non-hydrogen) atoms. The molecular weight excluding hydrogens is 448 g/mol. The van der Waals surface area contributed by atoms with Gasteiger partial charge in [-0.2, -0.15) is 0 Å². The zero-order valence-corrected chi connectivity index (χ0v) is 19.2. The number of piperidine rings is 1. The minimum absolute atomic E-state index is 0.00237. The molecule has 5 rings (SSSR count). The van der Waals surface area contributed by atoms with Gasteiger partial charge in [-0.1, -0.05) is 24.3 Å². The Morgan fingerprint density at radius 1 is 0.971 bits per heavy atom. The monoisotopic (exact) mass is 473 g/mol. The van der Waals surface area contributed by atoms with E-state index in [1.165, 1.54) is 24.3 Å². The lowest BCUT2D eigenvalue weighted by molar-refractivity contribution is 0.0697. The van der Waals surface area contributed by atoms with Crippen molar-refractivity contribution < 1.29 is 18.0 Å². The molecule has 0 N–H and O–H groups in total. The summed E-state index contributed by atoms with van der Waals surface area (Å²) in [5.74, 6) is 0.644. The van der Waals surface area contributed by atoms with Crippen LogP contribution in [-0.4, -0.2) is 33.9 Å². The lowest BCUT2D eigenvalue weighted by Crippen LogP contribution is -2.39. The van der Waals surface area contributed by atoms with Crippen molar-refractivity contribution in [1.82, 2.24) is 14.9 Å². The Hall–Kier alpha value is -3.87. The van der Waals surface area contributed by atoms with Crippen molar-refractivity contribution in [2.75, 3.05) is 13.1 Å². The third kappa shape index (κ3) is 5.62. The first kappa shape index (κ1) is 22.9. The van der Waals surface area contributed by atoms with Crippen LogP contribution in [0.4, 0.5) is 8.78 Å². The number of likely N-dealkylation sites (tertiary alicyclic amines) is 1. The molecule has 1 aliphatic heterocycles. The van der Waals surface area contributed by atoms with Gasteiger partial charge in [0.1, 0.15) is 17.4 Å². The van der Waals surface area contributed by atoms with Crippen LogP contribution in [-0.2, 0) is 12.8 Å². The Morgan fingerprint density at radius 3 is 2.46 bits per heavy atom. The summed E-state index contributed by atoms with van der Waals surface area (Å²) in [6.07, 6.45) is 5.94. The number of halogens is 2. The average Bonchev–Trinajstić information content (AvgIpc) is 3.32. The second-order valence-electron chi connectivity index (χ2n) is 8.90. The standard InChI is InChI=1S/C28H25F2N3O2/c29-23-7-1-4-19(12-23)14-25-16-21(9-10-31-25)28(34)33-11-3-6-22(18-33)27-32-17-26(35-27)15-20-5-2-8-24(30)13-20/h1-2,4-5,7-10,12-13,16-17,22H,3,6,11,14-15,18H2/t22-/m1/s1. The Morgan fingerprint density at radius 2 is 1.71 bits per heavy atom. The maximum absolute atomic E-state index is 13.5. The van der Waals surface area contributed by atoms with Crippen LogP contribution in [0.1, 0.15) is 57.6 Å². The van der Waals surface area contributed by atoms with Crippen LogP contribution in [0.2, 0.25) is 0 Å². The van der Waals surface area contributed by atoms with Crippen molar-refractivity contribution in [2.45, 2.75) is 31.6 Å². The topological polar surface area (TPSA) is 59.2 Å². The molecule has 1 atom stereocenters. The average molecular weight is 474 g/mol. The number of hydrogen-bond acceptors (Lipinski definition) is 4. The van der Waals surface area contributed by atoms with Crippen molar-refractivity contribution >= 4 is 5.91 Å². The zero-order chi connectivity index (χ0) is 24.2. The molecular formula is C28H25F2N3O2. The van der Waals surface area contributed by atoms with Gasteiger partial charge in [0.2, 0.25) is 0 Å². The third-order valence-electron chi connectivity index (χ3n) is 6.23.